The van der Waals surface area contributed by atoms with Crippen LogP contribution in [-0.2, 0) is 16.1 Å². The Morgan fingerprint density at radius 3 is 2.49 bits per heavy atom. The Balaban J connectivity index is 1.41. The van der Waals surface area contributed by atoms with Gasteiger partial charge in [-0.25, -0.2) is 0 Å². The molecule has 3 aromatic rings. The summed E-state index contributed by atoms with van der Waals surface area (Å²) in [6.07, 6.45) is 3.08. The van der Waals surface area contributed by atoms with Crippen LogP contribution in [0.1, 0.15) is 21.5 Å². The van der Waals surface area contributed by atoms with Crippen molar-refractivity contribution in [2.75, 3.05) is 26.3 Å². The Morgan fingerprint density at radius 1 is 0.943 bits per heavy atom. The molecule has 35 heavy (non-hydrogen) atoms. The van der Waals surface area contributed by atoms with Gasteiger partial charge < -0.3 is 15.0 Å². The first-order chi connectivity index (χ1) is 17.1. The molecule has 1 heterocycles. The standard InChI is InChI=1S/C28H28N4O3/c29-28(30-20-22-7-2-1-3-8-22)31-26(33)14-13-21-9-6-10-23(19-21)24-11-4-5-12-25(24)27(34)32-15-17-35-18-16-32/h1-14,19H,15-18,20H2,(H3,29,30,31,33). The highest BCUT2D eigenvalue weighted by atomic mass is 16.5. The van der Waals surface area contributed by atoms with Gasteiger partial charge in [0.2, 0.25) is 0 Å². The minimum absolute atomic E-state index is 0.00858. The van der Waals surface area contributed by atoms with Gasteiger partial charge >= 0.3 is 0 Å². The van der Waals surface area contributed by atoms with Gasteiger partial charge in [-0.1, -0.05) is 66.7 Å². The minimum Gasteiger partial charge on any atom is -0.378 e. The molecule has 0 atom stereocenters. The quantitative estimate of drug-likeness (QED) is 0.292. The minimum atomic E-state index is -0.399. The van der Waals surface area contributed by atoms with E-state index in [2.05, 4.69) is 10.6 Å². The Hall–Kier alpha value is -4.23. The van der Waals surface area contributed by atoms with E-state index in [0.29, 0.717) is 38.4 Å². The average Bonchev–Trinajstić information content (AvgIpc) is 2.91. The van der Waals surface area contributed by atoms with Gasteiger partial charge in [0.25, 0.3) is 11.8 Å². The first-order valence-corrected chi connectivity index (χ1v) is 11.5. The topological polar surface area (TPSA) is 94.5 Å². The summed E-state index contributed by atoms with van der Waals surface area (Å²) in [4.78, 5) is 27.2. The van der Waals surface area contributed by atoms with Crippen LogP contribution >= 0.6 is 0 Å². The molecule has 1 aliphatic rings. The van der Waals surface area contributed by atoms with Gasteiger partial charge in [0.15, 0.2) is 5.96 Å². The van der Waals surface area contributed by atoms with Gasteiger partial charge in [-0.2, -0.15) is 0 Å². The second kappa shape index (κ2) is 11.8. The van der Waals surface area contributed by atoms with E-state index in [0.717, 1.165) is 22.3 Å². The van der Waals surface area contributed by atoms with Crippen molar-refractivity contribution in [1.82, 2.24) is 15.5 Å². The fourth-order valence-corrected chi connectivity index (χ4v) is 3.84. The third-order valence-corrected chi connectivity index (χ3v) is 5.64. The molecule has 0 unspecified atom stereocenters. The number of hydrogen-bond donors (Lipinski definition) is 3. The normalized spacial score (nSPS) is 13.4. The third kappa shape index (κ3) is 6.65. The van der Waals surface area contributed by atoms with Gasteiger partial charge in [0.1, 0.15) is 0 Å². The number of hydrogen-bond acceptors (Lipinski definition) is 4. The lowest BCUT2D eigenvalue weighted by atomic mass is 9.97. The van der Waals surface area contributed by atoms with Crippen LogP contribution in [0.25, 0.3) is 17.2 Å². The predicted octanol–water partition coefficient (Wildman–Crippen LogP) is 3.68. The Kier molecular flexibility index (Phi) is 8.04. The Bertz CT molecular complexity index is 1220. The zero-order chi connectivity index (χ0) is 24.5. The van der Waals surface area contributed by atoms with Crippen molar-refractivity contribution < 1.29 is 14.3 Å². The summed E-state index contributed by atoms with van der Waals surface area (Å²) < 4.78 is 5.37. The number of morpholine rings is 1. The molecule has 1 saturated heterocycles. The molecular weight excluding hydrogens is 440 g/mol. The maximum absolute atomic E-state index is 13.1. The van der Waals surface area contributed by atoms with Gasteiger partial charge in [-0.05, 0) is 40.5 Å². The molecule has 3 N–H and O–H groups in total. The predicted molar refractivity (Wildman–Crippen MR) is 137 cm³/mol. The fourth-order valence-electron chi connectivity index (χ4n) is 3.84. The lowest BCUT2D eigenvalue weighted by Gasteiger charge is -2.27. The van der Waals surface area contributed by atoms with Crippen molar-refractivity contribution in [3.05, 3.63) is 102 Å². The molecule has 178 valence electrons. The number of guanidine groups is 1. The molecule has 4 rings (SSSR count). The number of amides is 2. The van der Waals surface area contributed by atoms with Crippen molar-refractivity contribution in [1.29, 1.82) is 5.41 Å². The van der Waals surface area contributed by atoms with Gasteiger partial charge in [0, 0.05) is 31.3 Å². The molecule has 0 spiro atoms. The van der Waals surface area contributed by atoms with E-state index in [1.807, 2.05) is 83.8 Å². The summed E-state index contributed by atoms with van der Waals surface area (Å²) in [6.45, 7) is 2.72. The largest absolute Gasteiger partial charge is 0.378 e. The van der Waals surface area contributed by atoms with Crippen molar-refractivity contribution in [3.8, 4) is 11.1 Å². The lowest BCUT2D eigenvalue weighted by molar-refractivity contribution is -0.115. The number of ether oxygens (including phenoxy) is 1. The molecule has 3 aromatic carbocycles. The molecule has 0 saturated carbocycles. The van der Waals surface area contributed by atoms with E-state index in [-0.39, 0.29) is 11.9 Å². The zero-order valence-corrected chi connectivity index (χ0v) is 19.4. The molecule has 0 aromatic heterocycles. The van der Waals surface area contributed by atoms with E-state index in [4.69, 9.17) is 10.1 Å². The van der Waals surface area contributed by atoms with Gasteiger partial charge in [-0.15, -0.1) is 0 Å². The number of nitrogens with one attached hydrogen (secondary N) is 3. The molecule has 0 radical (unpaired) electrons. The highest BCUT2D eigenvalue weighted by Crippen LogP contribution is 2.26. The van der Waals surface area contributed by atoms with Crippen LogP contribution in [0.4, 0.5) is 0 Å². The number of carbonyl (C=O) groups excluding carboxylic acids is 2. The van der Waals surface area contributed by atoms with Crippen molar-refractivity contribution in [3.63, 3.8) is 0 Å². The first-order valence-electron chi connectivity index (χ1n) is 11.5. The zero-order valence-electron chi connectivity index (χ0n) is 19.4. The molecule has 1 aliphatic heterocycles. The summed E-state index contributed by atoms with van der Waals surface area (Å²) in [5, 5.41) is 13.3. The molecular formula is C28H28N4O3. The summed E-state index contributed by atoms with van der Waals surface area (Å²) in [5.74, 6) is -0.470. The van der Waals surface area contributed by atoms with E-state index in [9.17, 15) is 9.59 Å². The second-order valence-corrected chi connectivity index (χ2v) is 8.11. The van der Waals surface area contributed by atoms with Crippen molar-refractivity contribution >= 4 is 23.8 Å². The lowest BCUT2D eigenvalue weighted by Crippen LogP contribution is -2.40. The number of carbonyl (C=O) groups is 2. The van der Waals surface area contributed by atoms with Crippen LogP contribution in [-0.4, -0.2) is 49.0 Å². The van der Waals surface area contributed by atoms with Crippen molar-refractivity contribution in [2.45, 2.75) is 6.54 Å². The van der Waals surface area contributed by atoms with E-state index in [1.54, 1.807) is 6.08 Å². The highest BCUT2D eigenvalue weighted by molar-refractivity contribution is 6.03. The molecule has 0 aliphatic carbocycles. The van der Waals surface area contributed by atoms with Gasteiger partial charge in [0.05, 0.1) is 13.2 Å². The summed E-state index contributed by atoms with van der Waals surface area (Å²) in [7, 11) is 0. The number of benzene rings is 3. The van der Waals surface area contributed by atoms with Crippen molar-refractivity contribution in [2.24, 2.45) is 0 Å². The van der Waals surface area contributed by atoms with Crippen LogP contribution in [0, 0.1) is 5.41 Å². The van der Waals surface area contributed by atoms with Crippen LogP contribution < -0.4 is 10.6 Å². The summed E-state index contributed by atoms with van der Waals surface area (Å²) >= 11 is 0. The van der Waals surface area contributed by atoms with Gasteiger partial charge in [-0.3, -0.25) is 20.3 Å². The van der Waals surface area contributed by atoms with E-state index >= 15 is 0 Å². The van der Waals surface area contributed by atoms with E-state index < -0.39 is 5.91 Å². The number of rotatable bonds is 6. The first kappa shape index (κ1) is 23.9. The van der Waals surface area contributed by atoms with Crippen LogP contribution in [0.15, 0.2) is 84.9 Å². The molecule has 0 bridgehead atoms. The number of nitrogens with zero attached hydrogens (tertiary/aromatic N) is 1. The highest BCUT2D eigenvalue weighted by Gasteiger charge is 2.21. The Labute approximate surface area is 204 Å². The summed E-state index contributed by atoms with van der Waals surface area (Å²) in [5.41, 5.74) is 4.21. The average molecular weight is 469 g/mol. The van der Waals surface area contributed by atoms with E-state index in [1.165, 1.54) is 6.08 Å². The van der Waals surface area contributed by atoms with Crippen LogP contribution in [0.2, 0.25) is 0 Å². The molecule has 7 nitrogen and oxygen atoms in total. The third-order valence-electron chi connectivity index (χ3n) is 5.64. The fraction of sp³-hybridized carbons (Fsp3) is 0.179. The molecule has 2 amide bonds. The Morgan fingerprint density at radius 2 is 1.69 bits per heavy atom. The van der Waals surface area contributed by atoms with Crippen LogP contribution in [0.5, 0.6) is 0 Å². The molecule has 7 heteroatoms. The SMILES string of the molecule is N=C(NCc1ccccc1)NC(=O)C=Cc1cccc(-c2ccccc2C(=O)N2CCOCC2)c1. The maximum atomic E-state index is 13.1. The smallest absolute Gasteiger partial charge is 0.254 e. The molecule has 1 fully saturated rings. The summed E-state index contributed by atoms with van der Waals surface area (Å²) in [6, 6.07) is 24.9. The second-order valence-electron chi connectivity index (χ2n) is 8.11. The maximum Gasteiger partial charge on any atom is 0.254 e. The van der Waals surface area contributed by atoms with Crippen LogP contribution in [0.3, 0.4) is 0 Å². The monoisotopic (exact) mass is 468 g/mol.